The van der Waals surface area contributed by atoms with Gasteiger partial charge in [-0.2, -0.15) is 0 Å². The van der Waals surface area contributed by atoms with Crippen LogP contribution in [-0.4, -0.2) is 21.9 Å². The Labute approximate surface area is 152 Å². The molecule has 0 amide bonds. The lowest BCUT2D eigenvalue weighted by Gasteiger charge is -2.37. The molecule has 0 N–H and O–H groups in total. The molecule has 0 aromatic carbocycles. The minimum atomic E-state index is -1.21. The van der Waals surface area contributed by atoms with Crippen LogP contribution in [0.1, 0.15) is 70.6 Å². The molecule has 3 heteroatoms. The lowest BCUT2D eigenvalue weighted by atomic mass is 9.27. The van der Waals surface area contributed by atoms with Crippen molar-refractivity contribution in [2.75, 3.05) is 7.11 Å². The molecule has 0 unspecified atom stereocenters. The van der Waals surface area contributed by atoms with Gasteiger partial charge in [0.05, 0.1) is 21.4 Å². The number of ether oxygens (including phenoxy) is 1. The van der Waals surface area contributed by atoms with Crippen molar-refractivity contribution in [2.24, 2.45) is 0 Å². The Hall–Kier alpha value is -0.438. The van der Waals surface area contributed by atoms with Crippen LogP contribution >= 0.6 is 0 Å². The molecule has 2 rings (SSSR count). The van der Waals surface area contributed by atoms with Crippen molar-refractivity contribution in [3.63, 3.8) is 0 Å². The van der Waals surface area contributed by atoms with E-state index < -0.39 is 8.07 Å². The summed E-state index contributed by atoms with van der Waals surface area (Å²) in [6, 6.07) is 0. The van der Waals surface area contributed by atoms with Crippen molar-refractivity contribution in [1.29, 1.82) is 0 Å². The van der Waals surface area contributed by atoms with Gasteiger partial charge in [0.1, 0.15) is 0 Å². The molecule has 0 aromatic rings. The third-order valence-corrected chi connectivity index (χ3v) is 7.18. The van der Waals surface area contributed by atoms with Gasteiger partial charge in [0.2, 0.25) is 0 Å². The van der Waals surface area contributed by atoms with E-state index in [9.17, 15) is 0 Å². The van der Waals surface area contributed by atoms with Gasteiger partial charge in [-0.25, -0.2) is 0 Å². The lowest BCUT2D eigenvalue weighted by molar-refractivity contribution is 0.337. The zero-order chi connectivity index (χ0) is 17.4. The van der Waals surface area contributed by atoms with E-state index in [0.717, 1.165) is 24.8 Å². The first-order chi connectivity index (χ1) is 11.5. The Bertz CT molecular complexity index is 394. The average molecular weight is 346 g/mol. The van der Waals surface area contributed by atoms with Gasteiger partial charge < -0.3 is 4.74 Å². The summed E-state index contributed by atoms with van der Waals surface area (Å²) in [5.74, 6) is 1.89. The average Bonchev–Trinajstić information content (AvgIpc) is 2.56. The van der Waals surface area contributed by atoms with E-state index >= 15 is 0 Å². The van der Waals surface area contributed by atoms with Gasteiger partial charge in [0.15, 0.2) is 6.71 Å². The molecule has 2 saturated carbocycles. The van der Waals surface area contributed by atoms with E-state index in [2.05, 4.69) is 31.4 Å². The third kappa shape index (κ3) is 6.46. The molecule has 0 saturated heterocycles. The molecule has 0 aliphatic heterocycles. The summed E-state index contributed by atoms with van der Waals surface area (Å²) < 4.78 is 5.20. The van der Waals surface area contributed by atoms with Crippen molar-refractivity contribution in [3.8, 4) is 0 Å². The fourth-order valence-electron chi connectivity index (χ4n) is 5.10. The Morgan fingerprint density at radius 3 is 1.83 bits per heavy atom. The van der Waals surface area contributed by atoms with Crippen LogP contribution in [0.2, 0.25) is 31.3 Å². The zero-order valence-corrected chi connectivity index (χ0v) is 17.7. The van der Waals surface area contributed by atoms with E-state index in [1.54, 1.807) is 12.6 Å². The molecule has 0 heterocycles. The summed E-state index contributed by atoms with van der Waals surface area (Å²) in [6.07, 6.45) is 19.9. The number of hydrogen-bond donors (Lipinski definition) is 0. The summed E-state index contributed by atoms with van der Waals surface area (Å²) in [5, 5.41) is 0. The maximum absolute atomic E-state index is 5.20. The van der Waals surface area contributed by atoms with Crippen molar-refractivity contribution in [3.05, 3.63) is 23.5 Å². The molecule has 0 radical (unpaired) electrons. The van der Waals surface area contributed by atoms with Crippen LogP contribution in [0.4, 0.5) is 0 Å². The second kappa shape index (κ2) is 9.89. The van der Waals surface area contributed by atoms with Crippen LogP contribution < -0.4 is 0 Å². The van der Waals surface area contributed by atoms with E-state index in [1.165, 1.54) is 64.2 Å². The Balaban J connectivity index is 2.26. The van der Waals surface area contributed by atoms with Gasteiger partial charge in [0.25, 0.3) is 0 Å². The SMILES string of the molecule is CO/C=C\C/C(=C\[Si](C)(C)C)B(C1CCCCC1)C1CCCCC1. The molecule has 0 spiro atoms. The quantitative estimate of drug-likeness (QED) is 0.355. The predicted molar refractivity (Wildman–Crippen MR) is 112 cm³/mol. The normalized spacial score (nSPS) is 22.1. The second-order valence-electron chi connectivity index (χ2n) is 9.22. The molecule has 0 aromatic heterocycles. The first-order valence-electron chi connectivity index (χ1n) is 10.4. The van der Waals surface area contributed by atoms with E-state index in [4.69, 9.17) is 4.74 Å². The van der Waals surface area contributed by atoms with Crippen LogP contribution in [0, 0.1) is 0 Å². The highest BCUT2D eigenvalue weighted by molar-refractivity contribution is 6.83. The van der Waals surface area contributed by atoms with Gasteiger partial charge >= 0.3 is 0 Å². The summed E-state index contributed by atoms with van der Waals surface area (Å²) in [5.41, 5.74) is 4.50. The van der Waals surface area contributed by atoms with Crippen LogP contribution in [0.3, 0.4) is 0 Å². The molecular formula is C21H39BOSi. The van der Waals surface area contributed by atoms with Crippen LogP contribution in [0.25, 0.3) is 0 Å². The number of hydrogen-bond acceptors (Lipinski definition) is 1. The van der Waals surface area contributed by atoms with E-state index in [1.807, 2.05) is 6.26 Å². The van der Waals surface area contributed by atoms with Crippen LogP contribution in [-0.2, 0) is 4.74 Å². The highest BCUT2D eigenvalue weighted by Crippen LogP contribution is 2.45. The predicted octanol–water partition coefficient (Wildman–Crippen LogP) is 7.04. The van der Waals surface area contributed by atoms with Crippen molar-refractivity contribution in [2.45, 2.75) is 102 Å². The maximum Gasteiger partial charge on any atom is 0.176 e. The monoisotopic (exact) mass is 346 g/mol. The molecule has 2 aliphatic rings. The highest BCUT2D eigenvalue weighted by Gasteiger charge is 2.37. The molecule has 0 atom stereocenters. The second-order valence-corrected chi connectivity index (χ2v) is 14.2. The molecule has 2 fully saturated rings. The lowest BCUT2D eigenvalue weighted by Crippen LogP contribution is -2.34. The fraction of sp³-hybridized carbons (Fsp3) is 0.810. The molecule has 0 bridgehead atoms. The summed E-state index contributed by atoms with van der Waals surface area (Å²) in [6.45, 7) is 8.32. The Kier molecular flexibility index (Phi) is 8.20. The Morgan fingerprint density at radius 2 is 1.42 bits per heavy atom. The maximum atomic E-state index is 5.20. The topological polar surface area (TPSA) is 9.23 Å². The van der Waals surface area contributed by atoms with E-state index in [0.29, 0.717) is 0 Å². The molecule has 24 heavy (non-hydrogen) atoms. The van der Waals surface area contributed by atoms with Crippen LogP contribution in [0.5, 0.6) is 0 Å². The van der Waals surface area contributed by atoms with Gasteiger partial charge in [-0.05, 0) is 12.5 Å². The molecule has 136 valence electrons. The molecule has 2 aliphatic carbocycles. The molecular weight excluding hydrogens is 307 g/mol. The summed E-state index contributed by atoms with van der Waals surface area (Å²) in [7, 11) is 0.555. The minimum absolute atomic E-state index is 0.846. The van der Waals surface area contributed by atoms with Gasteiger partial charge in [-0.15, -0.1) is 11.2 Å². The number of methoxy groups -OCH3 is 1. The first-order valence-corrected chi connectivity index (χ1v) is 14.0. The van der Waals surface area contributed by atoms with Gasteiger partial charge in [-0.3, -0.25) is 0 Å². The van der Waals surface area contributed by atoms with Crippen LogP contribution in [0.15, 0.2) is 23.5 Å². The zero-order valence-electron chi connectivity index (χ0n) is 16.7. The van der Waals surface area contributed by atoms with Crippen molar-refractivity contribution in [1.82, 2.24) is 0 Å². The van der Waals surface area contributed by atoms with Gasteiger partial charge in [0, 0.05) is 0 Å². The largest absolute Gasteiger partial charge is 0.505 e. The summed E-state index contributed by atoms with van der Waals surface area (Å²) in [4.78, 5) is 0. The minimum Gasteiger partial charge on any atom is -0.505 e. The van der Waals surface area contributed by atoms with Crippen molar-refractivity contribution >= 4 is 14.8 Å². The molecule has 1 nitrogen and oxygen atoms in total. The third-order valence-electron chi connectivity index (χ3n) is 5.95. The number of rotatable bonds is 7. The standard InChI is InChI=1S/C21H39BOSi/c1-23-17-11-16-21(18-24(2,3)4)22(19-12-7-5-8-13-19)20-14-9-6-10-15-20/h11,17-20H,5-10,12-16H2,1-4H3/b17-11-,21-18+. The fourth-order valence-corrected chi connectivity index (χ4v) is 6.53. The van der Waals surface area contributed by atoms with E-state index in [-0.39, 0.29) is 0 Å². The first kappa shape index (κ1) is 19.9. The van der Waals surface area contributed by atoms with Gasteiger partial charge in [-0.1, -0.05) is 95.5 Å². The highest BCUT2D eigenvalue weighted by atomic mass is 28.3. The summed E-state index contributed by atoms with van der Waals surface area (Å²) >= 11 is 0. The van der Waals surface area contributed by atoms with Crippen molar-refractivity contribution < 1.29 is 4.74 Å². The number of allylic oxidation sites excluding steroid dienone is 2. The smallest absolute Gasteiger partial charge is 0.176 e. The Morgan fingerprint density at radius 1 is 0.917 bits per heavy atom.